The fourth-order valence-electron chi connectivity index (χ4n) is 3.15. The van der Waals surface area contributed by atoms with Crippen LogP contribution in [0.4, 0.5) is 10.1 Å². The van der Waals surface area contributed by atoms with Crippen LogP contribution in [0.2, 0.25) is 0 Å². The van der Waals surface area contributed by atoms with Crippen LogP contribution >= 0.6 is 0 Å². The van der Waals surface area contributed by atoms with Crippen LogP contribution in [0.15, 0.2) is 18.5 Å². The lowest BCUT2D eigenvalue weighted by atomic mass is 10.2. The SMILES string of the molecule is Cn1c(CN2CCN(c3cncc(F)c3)CC2)nnc1C1CC1. The molecule has 0 spiro atoms. The fourth-order valence-corrected chi connectivity index (χ4v) is 3.15. The number of pyridine rings is 1. The number of anilines is 1. The Morgan fingerprint density at radius 2 is 1.91 bits per heavy atom. The Bertz CT molecular complexity index is 688. The van der Waals surface area contributed by atoms with Crippen LogP contribution in [0.25, 0.3) is 0 Å². The topological polar surface area (TPSA) is 50.1 Å². The van der Waals surface area contributed by atoms with Crippen molar-refractivity contribution in [1.29, 1.82) is 0 Å². The lowest BCUT2D eigenvalue weighted by Gasteiger charge is -2.35. The predicted octanol–water partition coefficient (Wildman–Crippen LogP) is 1.55. The standard InChI is InChI=1S/C16H21FN6/c1-21-15(19-20-16(21)12-2-3-12)11-22-4-6-23(7-5-22)14-8-13(17)9-18-10-14/h8-10,12H,2-7,11H2,1H3. The second-order valence-electron chi connectivity index (χ2n) is 6.43. The average molecular weight is 316 g/mol. The van der Waals surface area contributed by atoms with Crippen LogP contribution in [0.3, 0.4) is 0 Å². The fraction of sp³-hybridized carbons (Fsp3) is 0.562. The summed E-state index contributed by atoms with van der Waals surface area (Å²) in [7, 11) is 2.07. The Morgan fingerprint density at radius 1 is 1.13 bits per heavy atom. The molecule has 0 atom stereocenters. The highest BCUT2D eigenvalue weighted by Crippen LogP contribution is 2.38. The van der Waals surface area contributed by atoms with Gasteiger partial charge in [-0.2, -0.15) is 0 Å². The highest BCUT2D eigenvalue weighted by atomic mass is 19.1. The molecular formula is C16H21FN6. The number of nitrogens with zero attached hydrogens (tertiary/aromatic N) is 6. The molecule has 2 aromatic rings. The Kier molecular flexibility index (Phi) is 3.72. The minimum Gasteiger partial charge on any atom is -0.368 e. The average Bonchev–Trinajstić information content (AvgIpc) is 3.34. The summed E-state index contributed by atoms with van der Waals surface area (Å²) in [4.78, 5) is 8.49. The van der Waals surface area contributed by atoms with Crippen molar-refractivity contribution in [2.75, 3.05) is 31.1 Å². The van der Waals surface area contributed by atoms with E-state index >= 15 is 0 Å². The Labute approximate surface area is 134 Å². The summed E-state index contributed by atoms with van der Waals surface area (Å²) >= 11 is 0. The predicted molar refractivity (Wildman–Crippen MR) is 84.7 cm³/mol. The van der Waals surface area contributed by atoms with Crippen molar-refractivity contribution in [3.05, 3.63) is 35.9 Å². The maximum atomic E-state index is 13.3. The van der Waals surface area contributed by atoms with Crippen LogP contribution in [0, 0.1) is 5.82 Å². The molecule has 1 aliphatic carbocycles. The largest absolute Gasteiger partial charge is 0.368 e. The molecule has 2 aliphatic rings. The van der Waals surface area contributed by atoms with E-state index in [-0.39, 0.29) is 5.82 Å². The van der Waals surface area contributed by atoms with Gasteiger partial charge in [-0.3, -0.25) is 9.88 Å². The molecule has 0 aromatic carbocycles. The van der Waals surface area contributed by atoms with E-state index in [1.807, 2.05) is 0 Å². The number of hydrogen-bond acceptors (Lipinski definition) is 5. The molecule has 0 radical (unpaired) electrons. The van der Waals surface area contributed by atoms with Crippen molar-refractivity contribution in [2.24, 2.45) is 7.05 Å². The summed E-state index contributed by atoms with van der Waals surface area (Å²) in [5, 5.41) is 8.70. The summed E-state index contributed by atoms with van der Waals surface area (Å²) in [6.45, 7) is 4.44. The molecule has 6 nitrogen and oxygen atoms in total. The first-order chi connectivity index (χ1) is 11.2. The van der Waals surface area contributed by atoms with Crippen molar-refractivity contribution in [1.82, 2.24) is 24.6 Å². The van der Waals surface area contributed by atoms with E-state index in [2.05, 4.69) is 36.6 Å². The van der Waals surface area contributed by atoms with Gasteiger partial charge in [-0.15, -0.1) is 10.2 Å². The van der Waals surface area contributed by atoms with Crippen molar-refractivity contribution in [2.45, 2.75) is 25.3 Å². The molecule has 23 heavy (non-hydrogen) atoms. The van der Waals surface area contributed by atoms with Gasteiger partial charge in [-0.05, 0) is 12.8 Å². The first-order valence-electron chi connectivity index (χ1n) is 8.17. The number of piperazine rings is 1. The van der Waals surface area contributed by atoms with Gasteiger partial charge < -0.3 is 9.47 Å². The second-order valence-corrected chi connectivity index (χ2v) is 6.43. The van der Waals surface area contributed by atoms with Gasteiger partial charge in [0.15, 0.2) is 0 Å². The number of halogens is 1. The third-order valence-corrected chi connectivity index (χ3v) is 4.73. The Balaban J connectivity index is 1.36. The maximum absolute atomic E-state index is 13.3. The van der Waals surface area contributed by atoms with E-state index in [4.69, 9.17) is 0 Å². The molecule has 7 heteroatoms. The van der Waals surface area contributed by atoms with Gasteiger partial charge in [0, 0.05) is 45.2 Å². The van der Waals surface area contributed by atoms with E-state index in [1.54, 1.807) is 12.3 Å². The van der Waals surface area contributed by atoms with E-state index in [0.29, 0.717) is 5.92 Å². The van der Waals surface area contributed by atoms with Gasteiger partial charge in [-0.1, -0.05) is 0 Å². The summed E-state index contributed by atoms with van der Waals surface area (Å²) in [6, 6.07) is 1.55. The van der Waals surface area contributed by atoms with Gasteiger partial charge in [0.05, 0.1) is 24.6 Å². The van der Waals surface area contributed by atoms with Gasteiger partial charge in [0.1, 0.15) is 17.5 Å². The summed E-state index contributed by atoms with van der Waals surface area (Å²) < 4.78 is 15.4. The minimum atomic E-state index is -0.281. The number of hydrogen-bond donors (Lipinski definition) is 0. The Hall–Kier alpha value is -2.02. The zero-order chi connectivity index (χ0) is 15.8. The van der Waals surface area contributed by atoms with Crippen LogP contribution in [-0.2, 0) is 13.6 Å². The minimum absolute atomic E-state index is 0.281. The third kappa shape index (κ3) is 3.06. The Morgan fingerprint density at radius 3 is 2.61 bits per heavy atom. The van der Waals surface area contributed by atoms with Crippen molar-refractivity contribution >= 4 is 5.69 Å². The summed E-state index contributed by atoms with van der Waals surface area (Å²) in [6.07, 6.45) is 5.45. The highest BCUT2D eigenvalue weighted by molar-refractivity contribution is 5.44. The highest BCUT2D eigenvalue weighted by Gasteiger charge is 2.29. The molecule has 0 amide bonds. The van der Waals surface area contributed by atoms with Gasteiger partial charge in [0.2, 0.25) is 0 Å². The van der Waals surface area contributed by atoms with Gasteiger partial charge in [0.25, 0.3) is 0 Å². The van der Waals surface area contributed by atoms with Crippen molar-refractivity contribution in [3.63, 3.8) is 0 Å². The molecule has 1 aliphatic heterocycles. The molecule has 1 saturated heterocycles. The molecule has 0 bridgehead atoms. The van der Waals surface area contributed by atoms with Crippen molar-refractivity contribution < 1.29 is 4.39 Å². The lowest BCUT2D eigenvalue weighted by Crippen LogP contribution is -2.46. The zero-order valence-electron chi connectivity index (χ0n) is 13.3. The van der Waals surface area contributed by atoms with E-state index in [1.165, 1.54) is 19.0 Å². The molecule has 2 aromatic heterocycles. The van der Waals surface area contributed by atoms with Crippen LogP contribution in [-0.4, -0.2) is 50.8 Å². The summed E-state index contributed by atoms with van der Waals surface area (Å²) in [5.74, 6) is 2.51. The molecule has 4 rings (SSSR count). The molecule has 122 valence electrons. The summed E-state index contributed by atoms with van der Waals surface area (Å²) in [5.41, 5.74) is 0.860. The van der Waals surface area contributed by atoms with Crippen LogP contribution in [0.5, 0.6) is 0 Å². The van der Waals surface area contributed by atoms with Gasteiger partial charge >= 0.3 is 0 Å². The zero-order valence-corrected chi connectivity index (χ0v) is 13.3. The molecule has 0 N–H and O–H groups in total. The van der Waals surface area contributed by atoms with Crippen molar-refractivity contribution in [3.8, 4) is 0 Å². The quantitative estimate of drug-likeness (QED) is 0.856. The maximum Gasteiger partial charge on any atom is 0.146 e. The smallest absolute Gasteiger partial charge is 0.146 e. The first kappa shape index (κ1) is 14.6. The van der Waals surface area contributed by atoms with E-state index in [0.717, 1.165) is 50.1 Å². The first-order valence-corrected chi connectivity index (χ1v) is 8.17. The van der Waals surface area contributed by atoms with E-state index < -0.39 is 0 Å². The molecule has 1 saturated carbocycles. The molecular weight excluding hydrogens is 295 g/mol. The van der Waals surface area contributed by atoms with Gasteiger partial charge in [-0.25, -0.2) is 4.39 Å². The van der Waals surface area contributed by atoms with E-state index in [9.17, 15) is 4.39 Å². The molecule has 2 fully saturated rings. The third-order valence-electron chi connectivity index (χ3n) is 4.73. The molecule has 3 heterocycles. The normalized spacial score (nSPS) is 19.3. The number of rotatable bonds is 4. The van der Waals surface area contributed by atoms with Crippen LogP contribution < -0.4 is 4.90 Å². The lowest BCUT2D eigenvalue weighted by molar-refractivity contribution is 0.241. The van der Waals surface area contributed by atoms with Crippen LogP contribution in [0.1, 0.15) is 30.4 Å². The second kappa shape index (κ2) is 5.88. The number of aromatic nitrogens is 4. The molecule has 0 unspecified atom stereocenters. The monoisotopic (exact) mass is 316 g/mol.